The van der Waals surface area contributed by atoms with E-state index in [4.69, 9.17) is 14.2 Å². The highest BCUT2D eigenvalue weighted by Crippen LogP contribution is 2.31. The Balaban J connectivity index is 1.53. The van der Waals surface area contributed by atoms with Crippen molar-refractivity contribution < 1.29 is 23.8 Å². The number of anilines is 3. The van der Waals surface area contributed by atoms with Crippen LogP contribution in [0.25, 0.3) is 0 Å². The van der Waals surface area contributed by atoms with Crippen LogP contribution in [0.2, 0.25) is 0 Å². The van der Waals surface area contributed by atoms with Gasteiger partial charge < -0.3 is 34.6 Å². The SMILES string of the molecule is COCCCNC(=O)c1cc(NC(=O)c2cccc(OC)c2)ccc1N1CCN(c2ccccc2OC)CC1. The summed E-state index contributed by atoms with van der Waals surface area (Å²) in [4.78, 5) is 30.7. The van der Waals surface area contributed by atoms with Crippen molar-refractivity contribution in [2.45, 2.75) is 6.42 Å². The summed E-state index contributed by atoms with van der Waals surface area (Å²) in [6.07, 6.45) is 0.710. The molecule has 2 amide bonds. The van der Waals surface area contributed by atoms with Gasteiger partial charge in [-0.05, 0) is 55.0 Å². The Labute approximate surface area is 229 Å². The van der Waals surface area contributed by atoms with Crippen molar-refractivity contribution in [2.24, 2.45) is 0 Å². The van der Waals surface area contributed by atoms with Crippen LogP contribution in [0.1, 0.15) is 27.1 Å². The van der Waals surface area contributed by atoms with Crippen LogP contribution in [0.4, 0.5) is 17.1 Å². The Morgan fingerprint density at radius 3 is 2.26 bits per heavy atom. The van der Waals surface area contributed by atoms with Gasteiger partial charge in [-0.3, -0.25) is 9.59 Å². The fourth-order valence-corrected chi connectivity index (χ4v) is 4.63. The first-order valence-corrected chi connectivity index (χ1v) is 13.0. The Morgan fingerprint density at radius 1 is 0.795 bits per heavy atom. The molecule has 9 heteroatoms. The molecule has 1 aliphatic rings. The highest BCUT2D eigenvalue weighted by Gasteiger charge is 2.24. The molecule has 0 bridgehead atoms. The van der Waals surface area contributed by atoms with Crippen LogP contribution in [0.5, 0.6) is 11.5 Å². The van der Waals surface area contributed by atoms with Gasteiger partial charge in [0.2, 0.25) is 0 Å². The lowest BCUT2D eigenvalue weighted by molar-refractivity contribution is 0.0947. The van der Waals surface area contributed by atoms with Gasteiger partial charge in [0.05, 0.1) is 25.5 Å². The number of hydrogen-bond acceptors (Lipinski definition) is 7. The van der Waals surface area contributed by atoms with Crippen LogP contribution in [0.3, 0.4) is 0 Å². The number of benzene rings is 3. The van der Waals surface area contributed by atoms with Crippen molar-refractivity contribution in [2.75, 3.05) is 75.8 Å². The molecule has 0 unspecified atom stereocenters. The third-order valence-electron chi connectivity index (χ3n) is 6.69. The van der Waals surface area contributed by atoms with E-state index in [2.05, 4.69) is 26.5 Å². The van der Waals surface area contributed by atoms with Crippen LogP contribution in [-0.4, -0.2) is 72.5 Å². The van der Waals surface area contributed by atoms with Gasteiger partial charge in [-0.15, -0.1) is 0 Å². The molecule has 2 N–H and O–H groups in total. The van der Waals surface area contributed by atoms with Gasteiger partial charge in [0, 0.05) is 63.4 Å². The van der Waals surface area contributed by atoms with Crippen molar-refractivity contribution >= 4 is 28.9 Å². The lowest BCUT2D eigenvalue weighted by Gasteiger charge is -2.38. The van der Waals surface area contributed by atoms with Crippen molar-refractivity contribution in [3.8, 4) is 11.5 Å². The lowest BCUT2D eigenvalue weighted by Crippen LogP contribution is -2.47. The van der Waals surface area contributed by atoms with Crippen LogP contribution in [-0.2, 0) is 4.74 Å². The van der Waals surface area contributed by atoms with E-state index in [1.807, 2.05) is 30.3 Å². The number of carbonyl (C=O) groups is 2. The van der Waals surface area contributed by atoms with Gasteiger partial charge in [-0.2, -0.15) is 0 Å². The summed E-state index contributed by atoms with van der Waals surface area (Å²) in [5.41, 5.74) is 3.42. The second-order valence-electron chi connectivity index (χ2n) is 9.17. The molecular formula is C30H36N4O5. The maximum absolute atomic E-state index is 13.3. The molecule has 0 spiro atoms. The van der Waals surface area contributed by atoms with E-state index in [1.54, 1.807) is 51.7 Å². The normalized spacial score (nSPS) is 13.1. The quantitative estimate of drug-likeness (QED) is 0.360. The fraction of sp³-hybridized carbons (Fsp3) is 0.333. The first kappa shape index (κ1) is 27.8. The topological polar surface area (TPSA) is 92.4 Å². The van der Waals surface area contributed by atoms with E-state index >= 15 is 0 Å². The number of ether oxygens (including phenoxy) is 3. The summed E-state index contributed by atoms with van der Waals surface area (Å²) in [5.74, 6) is 0.976. The summed E-state index contributed by atoms with van der Waals surface area (Å²) in [6.45, 7) is 4.09. The minimum Gasteiger partial charge on any atom is -0.497 e. The van der Waals surface area contributed by atoms with Crippen LogP contribution in [0.15, 0.2) is 66.7 Å². The predicted octanol–water partition coefficient (Wildman–Crippen LogP) is 4.05. The number of nitrogens with one attached hydrogen (secondary N) is 2. The van der Waals surface area contributed by atoms with Crippen molar-refractivity contribution in [1.82, 2.24) is 5.32 Å². The number of piperazine rings is 1. The molecule has 206 valence electrons. The highest BCUT2D eigenvalue weighted by atomic mass is 16.5. The zero-order valence-corrected chi connectivity index (χ0v) is 22.7. The van der Waals surface area contributed by atoms with Crippen molar-refractivity contribution in [3.05, 3.63) is 77.9 Å². The summed E-state index contributed by atoms with van der Waals surface area (Å²) < 4.78 is 15.9. The number of methoxy groups -OCH3 is 3. The smallest absolute Gasteiger partial charge is 0.255 e. The van der Waals surface area contributed by atoms with E-state index in [-0.39, 0.29) is 11.8 Å². The van der Waals surface area contributed by atoms with Crippen molar-refractivity contribution in [3.63, 3.8) is 0 Å². The molecule has 0 aliphatic carbocycles. The van der Waals surface area contributed by atoms with Crippen molar-refractivity contribution in [1.29, 1.82) is 0 Å². The monoisotopic (exact) mass is 532 g/mol. The molecule has 4 rings (SSSR count). The van der Waals surface area contributed by atoms with Gasteiger partial charge in [-0.1, -0.05) is 18.2 Å². The van der Waals surface area contributed by atoms with Crippen LogP contribution in [0, 0.1) is 0 Å². The Bertz CT molecular complexity index is 1270. The van der Waals surface area contributed by atoms with E-state index in [0.29, 0.717) is 42.1 Å². The number of hydrogen-bond donors (Lipinski definition) is 2. The zero-order chi connectivity index (χ0) is 27.6. The van der Waals surface area contributed by atoms with E-state index in [9.17, 15) is 9.59 Å². The largest absolute Gasteiger partial charge is 0.497 e. The average molecular weight is 533 g/mol. The van der Waals surface area contributed by atoms with E-state index in [0.717, 1.165) is 43.3 Å². The Hall–Kier alpha value is -4.24. The molecule has 1 saturated heterocycles. The molecule has 0 radical (unpaired) electrons. The highest BCUT2D eigenvalue weighted by molar-refractivity contribution is 6.06. The standard InChI is InChI=1S/C30H36N4O5/c1-37-19-7-14-31-30(36)25-21-23(32-29(35)22-8-6-9-24(20-22)38-2)12-13-26(25)33-15-17-34(18-16-33)27-10-4-5-11-28(27)39-3/h4-6,8-13,20-21H,7,14-19H2,1-3H3,(H,31,36)(H,32,35). The van der Waals surface area contributed by atoms with Gasteiger partial charge in [-0.25, -0.2) is 0 Å². The third-order valence-corrected chi connectivity index (χ3v) is 6.69. The van der Waals surface area contributed by atoms with E-state index in [1.165, 1.54) is 0 Å². The first-order chi connectivity index (χ1) is 19.0. The summed E-state index contributed by atoms with van der Waals surface area (Å²) >= 11 is 0. The molecule has 0 atom stereocenters. The maximum atomic E-state index is 13.3. The molecule has 3 aromatic carbocycles. The number of nitrogens with zero attached hydrogens (tertiary/aromatic N) is 2. The minimum atomic E-state index is -0.279. The van der Waals surface area contributed by atoms with Crippen LogP contribution >= 0.6 is 0 Å². The summed E-state index contributed by atoms with van der Waals surface area (Å²) in [7, 11) is 4.88. The summed E-state index contributed by atoms with van der Waals surface area (Å²) in [5, 5.41) is 5.91. The number of amides is 2. The Morgan fingerprint density at radius 2 is 1.54 bits per heavy atom. The van der Waals surface area contributed by atoms with Crippen LogP contribution < -0.4 is 29.9 Å². The lowest BCUT2D eigenvalue weighted by atomic mass is 10.1. The molecule has 9 nitrogen and oxygen atoms in total. The molecule has 1 heterocycles. The first-order valence-electron chi connectivity index (χ1n) is 13.0. The average Bonchev–Trinajstić information content (AvgIpc) is 2.99. The second kappa shape index (κ2) is 13.5. The fourth-order valence-electron chi connectivity index (χ4n) is 4.63. The van der Waals surface area contributed by atoms with Gasteiger partial charge in [0.25, 0.3) is 11.8 Å². The van der Waals surface area contributed by atoms with Gasteiger partial charge >= 0.3 is 0 Å². The summed E-state index contributed by atoms with van der Waals surface area (Å²) in [6, 6.07) is 20.4. The predicted molar refractivity (Wildman–Crippen MR) is 154 cm³/mol. The molecule has 1 aliphatic heterocycles. The molecule has 39 heavy (non-hydrogen) atoms. The molecular weight excluding hydrogens is 496 g/mol. The maximum Gasteiger partial charge on any atom is 0.255 e. The molecule has 0 aromatic heterocycles. The third kappa shape index (κ3) is 7.00. The minimum absolute atomic E-state index is 0.189. The molecule has 1 fully saturated rings. The number of rotatable bonds is 11. The zero-order valence-electron chi connectivity index (χ0n) is 22.7. The Kier molecular flexibility index (Phi) is 9.64. The van der Waals surface area contributed by atoms with Gasteiger partial charge in [0.1, 0.15) is 11.5 Å². The second-order valence-corrected chi connectivity index (χ2v) is 9.17. The molecule has 0 saturated carbocycles. The van der Waals surface area contributed by atoms with E-state index < -0.39 is 0 Å². The number of para-hydroxylation sites is 2. The molecule has 3 aromatic rings. The van der Waals surface area contributed by atoms with Gasteiger partial charge in [0.15, 0.2) is 0 Å². The number of carbonyl (C=O) groups excluding carboxylic acids is 2.